The van der Waals surface area contributed by atoms with Crippen molar-refractivity contribution >= 4 is 18.5 Å². The summed E-state index contributed by atoms with van der Waals surface area (Å²) in [5.74, 6) is 1.08. The molecule has 0 radical (unpaired) electrons. The molecule has 0 atom stereocenters. The predicted molar refractivity (Wildman–Crippen MR) is 64.9 cm³/mol. The largest absolute Gasteiger partial charge is 0.356 e. The van der Waals surface area contributed by atoms with Crippen LogP contribution in [0.25, 0.3) is 0 Å². The van der Waals surface area contributed by atoms with Crippen LogP contribution in [0.15, 0.2) is 0 Å². The summed E-state index contributed by atoms with van der Waals surface area (Å²) in [6, 6.07) is 0. The molecule has 0 aromatic carbocycles. The van der Waals surface area contributed by atoms with Crippen LogP contribution in [0.4, 0.5) is 0 Å². The molecule has 0 saturated carbocycles. The van der Waals surface area contributed by atoms with Gasteiger partial charge in [0.25, 0.3) is 0 Å². The van der Waals surface area contributed by atoms with Gasteiger partial charge in [0.1, 0.15) is 0 Å². The maximum Gasteiger partial charge on any atom is 0.219 e. The molecule has 3 heteroatoms. The molecule has 0 aromatic heterocycles. The Hall–Kier alpha value is -0.180. The van der Waals surface area contributed by atoms with Crippen LogP contribution in [0.1, 0.15) is 51.9 Å². The molecule has 0 bridgehead atoms. The summed E-state index contributed by atoms with van der Waals surface area (Å²) >= 11 is 4.10. The zero-order chi connectivity index (χ0) is 10.6. The Morgan fingerprint density at radius 2 is 1.93 bits per heavy atom. The van der Waals surface area contributed by atoms with Gasteiger partial charge in [-0.2, -0.15) is 12.6 Å². The molecule has 0 heterocycles. The van der Waals surface area contributed by atoms with Gasteiger partial charge in [-0.1, -0.05) is 26.2 Å². The summed E-state index contributed by atoms with van der Waals surface area (Å²) in [6.45, 7) is 3.04. The molecule has 0 aliphatic heterocycles. The highest BCUT2D eigenvalue weighted by molar-refractivity contribution is 7.80. The van der Waals surface area contributed by atoms with Gasteiger partial charge in [0.05, 0.1) is 0 Å². The van der Waals surface area contributed by atoms with Gasteiger partial charge in [0, 0.05) is 13.0 Å². The molecule has 84 valence electrons. The standard InChI is InChI=1S/C11H23NOS/c1-2-3-4-6-9-12-11(13)8-5-7-10-14/h14H,2-10H2,1H3,(H,12,13). The predicted octanol–water partition coefficient (Wildman–Crippen LogP) is 2.78. The molecule has 0 aliphatic rings. The van der Waals surface area contributed by atoms with E-state index in [-0.39, 0.29) is 5.91 Å². The van der Waals surface area contributed by atoms with Gasteiger partial charge in [-0.3, -0.25) is 4.79 Å². The van der Waals surface area contributed by atoms with Crippen molar-refractivity contribution in [2.24, 2.45) is 0 Å². The van der Waals surface area contributed by atoms with E-state index >= 15 is 0 Å². The van der Waals surface area contributed by atoms with E-state index in [0.29, 0.717) is 6.42 Å². The van der Waals surface area contributed by atoms with E-state index in [1.54, 1.807) is 0 Å². The van der Waals surface area contributed by atoms with E-state index in [2.05, 4.69) is 24.9 Å². The van der Waals surface area contributed by atoms with Gasteiger partial charge < -0.3 is 5.32 Å². The summed E-state index contributed by atoms with van der Waals surface area (Å²) in [5.41, 5.74) is 0. The van der Waals surface area contributed by atoms with Crippen LogP contribution in [0.2, 0.25) is 0 Å². The molecule has 14 heavy (non-hydrogen) atoms. The molecule has 0 fully saturated rings. The molecule has 2 nitrogen and oxygen atoms in total. The Kier molecular flexibility index (Phi) is 10.8. The number of hydrogen-bond acceptors (Lipinski definition) is 2. The lowest BCUT2D eigenvalue weighted by Crippen LogP contribution is -2.23. The zero-order valence-corrected chi connectivity index (χ0v) is 10.1. The van der Waals surface area contributed by atoms with E-state index in [1.165, 1.54) is 19.3 Å². The molecule has 0 aliphatic carbocycles. The number of hydrogen-bond donors (Lipinski definition) is 2. The van der Waals surface area contributed by atoms with Crippen molar-refractivity contribution in [3.8, 4) is 0 Å². The molecular formula is C11H23NOS. The van der Waals surface area contributed by atoms with Crippen molar-refractivity contribution in [2.45, 2.75) is 51.9 Å². The molecule has 0 saturated heterocycles. The normalized spacial score (nSPS) is 10.1. The second-order valence-corrected chi connectivity index (χ2v) is 4.04. The van der Waals surface area contributed by atoms with Gasteiger partial charge in [-0.05, 0) is 25.0 Å². The van der Waals surface area contributed by atoms with Gasteiger partial charge in [-0.25, -0.2) is 0 Å². The summed E-state index contributed by atoms with van der Waals surface area (Å²) in [5, 5.41) is 2.94. The Labute approximate surface area is 93.3 Å². The zero-order valence-electron chi connectivity index (χ0n) is 9.22. The lowest BCUT2D eigenvalue weighted by molar-refractivity contribution is -0.121. The van der Waals surface area contributed by atoms with Crippen LogP contribution < -0.4 is 5.32 Å². The Balaban J connectivity index is 3.10. The maximum absolute atomic E-state index is 11.2. The summed E-state index contributed by atoms with van der Waals surface area (Å²) in [4.78, 5) is 11.2. The minimum absolute atomic E-state index is 0.197. The van der Waals surface area contributed by atoms with Crippen molar-refractivity contribution in [1.82, 2.24) is 5.32 Å². The van der Waals surface area contributed by atoms with Crippen LogP contribution in [-0.2, 0) is 4.79 Å². The van der Waals surface area contributed by atoms with Gasteiger partial charge >= 0.3 is 0 Å². The van der Waals surface area contributed by atoms with E-state index in [9.17, 15) is 4.79 Å². The average Bonchev–Trinajstić information content (AvgIpc) is 2.18. The smallest absolute Gasteiger partial charge is 0.219 e. The first kappa shape index (κ1) is 13.8. The first-order valence-electron chi connectivity index (χ1n) is 5.68. The SMILES string of the molecule is CCCCCCNC(=O)CCCCS. The molecular weight excluding hydrogens is 194 g/mol. The van der Waals surface area contributed by atoms with E-state index in [0.717, 1.165) is 31.6 Å². The van der Waals surface area contributed by atoms with Crippen LogP contribution in [0, 0.1) is 0 Å². The average molecular weight is 217 g/mol. The molecule has 0 unspecified atom stereocenters. The van der Waals surface area contributed by atoms with Crippen molar-refractivity contribution < 1.29 is 4.79 Å². The monoisotopic (exact) mass is 217 g/mol. The maximum atomic E-state index is 11.2. The Morgan fingerprint density at radius 1 is 1.14 bits per heavy atom. The number of nitrogens with one attached hydrogen (secondary N) is 1. The second-order valence-electron chi connectivity index (χ2n) is 3.59. The summed E-state index contributed by atoms with van der Waals surface area (Å²) in [6.07, 6.45) is 7.52. The third-order valence-electron chi connectivity index (χ3n) is 2.16. The first-order valence-corrected chi connectivity index (χ1v) is 6.32. The number of thiol groups is 1. The molecule has 0 aromatic rings. The van der Waals surface area contributed by atoms with E-state index in [1.807, 2.05) is 0 Å². The number of unbranched alkanes of at least 4 members (excludes halogenated alkanes) is 4. The Bertz CT molecular complexity index is 139. The van der Waals surface area contributed by atoms with E-state index in [4.69, 9.17) is 0 Å². The fraction of sp³-hybridized carbons (Fsp3) is 0.909. The molecule has 0 spiro atoms. The van der Waals surface area contributed by atoms with E-state index < -0.39 is 0 Å². The number of rotatable bonds is 9. The second kappa shape index (κ2) is 10.9. The fourth-order valence-corrected chi connectivity index (χ4v) is 1.49. The van der Waals surface area contributed by atoms with Crippen molar-refractivity contribution in [2.75, 3.05) is 12.3 Å². The van der Waals surface area contributed by atoms with Gasteiger partial charge in [0.2, 0.25) is 5.91 Å². The number of carbonyl (C=O) groups is 1. The highest BCUT2D eigenvalue weighted by atomic mass is 32.1. The number of amides is 1. The van der Waals surface area contributed by atoms with Crippen LogP contribution in [0.3, 0.4) is 0 Å². The van der Waals surface area contributed by atoms with Crippen LogP contribution >= 0.6 is 12.6 Å². The lowest BCUT2D eigenvalue weighted by atomic mass is 10.2. The van der Waals surface area contributed by atoms with Crippen LogP contribution in [-0.4, -0.2) is 18.2 Å². The third-order valence-corrected chi connectivity index (χ3v) is 2.48. The highest BCUT2D eigenvalue weighted by Crippen LogP contribution is 1.99. The van der Waals surface area contributed by atoms with Crippen molar-refractivity contribution in [1.29, 1.82) is 0 Å². The highest BCUT2D eigenvalue weighted by Gasteiger charge is 1.98. The molecule has 0 rings (SSSR count). The Morgan fingerprint density at radius 3 is 2.57 bits per heavy atom. The molecule has 1 N–H and O–H groups in total. The first-order chi connectivity index (χ1) is 6.81. The number of carbonyl (C=O) groups excluding carboxylic acids is 1. The quantitative estimate of drug-likeness (QED) is 0.451. The minimum atomic E-state index is 0.197. The van der Waals surface area contributed by atoms with Gasteiger partial charge in [-0.15, -0.1) is 0 Å². The molecule has 1 amide bonds. The van der Waals surface area contributed by atoms with Gasteiger partial charge in [0.15, 0.2) is 0 Å². The van der Waals surface area contributed by atoms with Crippen molar-refractivity contribution in [3.05, 3.63) is 0 Å². The minimum Gasteiger partial charge on any atom is -0.356 e. The third kappa shape index (κ3) is 9.90. The topological polar surface area (TPSA) is 29.1 Å². The van der Waals surface area contributed by atoms with Crippen LogP contribution in [0.5, 0.6) is 0 Å². The lowest BCUT2D eigenvalue weighted by Gasteiger charge is -2.04. The summed E-state index contributed by atoms with van der Waals surface area (Å²) in [7, 11) is 0. The fourth-order valence-electron chi connectivity index (χ4n) is 1.27. The van der Waals surface area contributed by atoms with Crippen molar-refractivity contribution in [3.63, 3.8) is 0 Å². The summed E-state index contributed by atoms with van der Waals surface area (Å²) < 4.78 is 0.